The Labute approximate surface area is 119 Å². The Morgan fingerprint density at radius 3 is 2.26 bits per heavy atom. The summed E-state index contributed by atoms with van der Waals surface area (Å²) < 4.78 is 0. The summed E-state index contributed by atoms with van der Waals surface area (Å²) in [5.74, 6) is 0.672. The van der Waals surface area contributed by atoms with E-state index in [-0.39, 0.29) is 0 Å². The summed E-state index contributed by atoms with van der Waals surface area (Å²) in [6, 6.07) is 11.6. The first-order valence-corrected chi connectivity index (χ1v) is 8.02. The molecule has 1 aromatic carbocycles. The van der Waals surface area contributed by atoms with Crippen molar-refractivity contribution >= 4 is 0 Å². The second-order valence-electron chi connectivity index (χ2n) is 5.87. The first-order chi connectivity index (χ1) is 9.24. The standard InChI is InChI=1S/C18H31N/c1-4-5-6-7-9-14-18(15-19-16(2)3)17-12-10-8-11-13-17/h8,10-13,16,18-19H,4-7,9,14-15H2,1-3H3. The zero-order valence-electron chi connectivity index (χ0n) is 13.0. The van der Waals surface area contributed by atoms with Gasteiger partial charge >= 0.3 is 0 Å². The Bertz CT molecular complexity index is 305. The van der Waals surface area contributed by atoms with E-state index in [1.165, 1.54) is 44.1 Å². The SMILES string of the molecule is CCCCCCCC(CNC(C)C)c1ccccc1. The molecule has 0 amide bonds. The second kappa shape index (κ2) is 10.0. The van der Waals surface area contributed by atoms with Crippen molar-refractivity contribution in [1.29, 1.82) is 0 Å². The van der Waals surface area contributed by atoms with Gasteiger partial charge in [0.05, 0.1) is 0 Å². The molecule has 19 heavy (non-hydrogen) atoms. The average molecular weight is 261 g/mol. The molecule has 0 saturated carbocycles. The summed E-state index contributed by atoms with van der Waals surface area (Å²) in [5, 5.41) is 3.60. The van der Waals surface area contributed by atoms with E-state index in [1.54, 1.807) is 0 Å². The average Bonchev–Trinajstić information content (AvgIpc) is 2.42. The van der Waals surface area contributed by atoms with E-state index in [9.17, 15) is 0 Å². The lowest BCUT2D eigenvalue weighted by Gasteiger charge is -2.19. The summed E-state index contributed by atoms with van der Waals surface area (Å²) >= 11 is 0. The molecular formula is C18H31N. The molecule has 0 aromatic heterocycles. The Hall–Kier alpha value is -0.820. The third-order valence-corrected chi connectivity index (χ3v) is 3.70. The minimum absolute atomic E-state index is 0.575. The van der Waals surface area contributed by atoms with Crippen molar-refractivity contribution in [1.82, 2.24) is 5.32 Å². The Balaban J connectivity index is 2.41. The fourth-order valence-corrected chi connectivity index (χ4v) is 2.48. The van der Waals surface area contributed by atoms with Crippen molar-refractivity contribution in [3.05, 3.63) is 35.9 Å². The highest BCUT2D eigenvalue weighted by atomic mass is 14.9. The van der Waals surface area contributed by atoms with Crippen LogP contribution < -0.4 is 5.32 Å². The molecule has 0 aliphatic carbocycles. The molecular weight excluding hydrogens is 230 g/mol. The van der Waals surface area contributed by atoms with Crippen LogP contribution >= 0.6 is 0 Å². The van der Waals surface area contributed by atoms with E-state index in [0.717, 1.165) is 6.54 Å². The third-order valence-electron chi connectivity index (χ3n) is 3.70. The van der Waals surface area contributed by atoms with Gasteiger partial charge in [0, 0.05) is 12.6 Å². The van der Waals surface area contributed by atoms with Gasteiger partial charge in [-0.1, -0.05) is 83.2 Å². The molecule has 1 heteroatoms. The Morgan fingerprint density at radius 2 is 1.63 bits per heavy atom. The number of hydrogen-bond acceptors (Lipinski definition) is 1. The van der Waals surface area contributed by atoms with Gasteiger partial charge in [0.1, 0.15) is 0 Å². The Kier molecular flexibility index (Phi) is 8.57. The molecule has 108 valence electrons. The van der Waals surface area contributed by atoms with Crippen LogP contribution in [0.3, 0.4) is 0 Å². The maximum absolute atomic E-state index is 3.60. The zero-order valence-corrected chi connectivity index (χ0v) is 13.0. The van der Waals surface area contributed by atoms with Crippen molar-refractivity contribution in [3.63, 3.8) is 0 Å². The smallest absolute Gasteiger partial charge is 0.00225 e. The molecule has 0 aliphatic rings. The van der Waals surface area contributed by atoms with Crippen LogP contribution in [0.25, 0.3) is 0 Å². The molecule has 1 nitrogen and oxygen atoms in total. The first-order valence-electron chi connectivity index (χ1n) is 8.02. The molecule has 0 heterocycles. The van der Waals surface area contributed by atoms with Crippen LogP contribution in [0.15, 0.2) is 30.3 Å². The minimum atomic E-state index is 0.575. The zero-order chi connectivity index (χ0) is 13.9. The predicted molar refractivity (Wildman–Crippen MR) is 85.7 cm³/mol. The monoisotopic (exact) mass is 261 g/mol. The van der Waals surface area contributed by atoms with Gasteiger partial charge in [0.25, 0.3) is 0 Å². The molecule has 0 bridgehead atoms. The normalized spacial score (nSPS) is 12.8. The molecule has 0 spiro atoms. The summed E-state index contributed by atoms with van der Waals surface area (Å²) in [4.78, 5) is 0. The molecule has 1 rings (SSSR count). The molecule has 0 fully saturated rings. The molecule has 1 atom stereocenters. The van der Waals surface area contributed by atoms with Gasteiger partial charge in [-0.2, -0.15) is 0 Å². The van der Waals surface area contributed by atoms with Gasteiger partial charge in [0.2, 0.25) is 0 Å². The van der Waals surface area contributed by atoms with E-state index in [4.69, 9.17) is 0 Å². The van der Waals surface area contributed by atoms with Crippen molar-refractivity contribution in [3.8, 4) is 0 Å². The molecule has 0 radical (unpaired) electrons. The van der Waals surface area contributed by atoms with E-state index in [1.807, 2.05) is 0 Å². The number of nitrogens with one attached hydrogen (secondary N) is 1. The molecule has 1 unspecified atom stereocenters. The maximum atomic E-state index is 3.60. The summed E-state index contributed by atoms with van der Waals surface area (Å²) in [5.41, 5.74) is 1.49. The number of benzene rings is 1. The highest BCUT2D eigenvalue weighted by Crippen LogP contribution is 2.22. The minimum Gasteiger partial charge on any atom is -0.314 e. The van der Waals surface area contributed by atoms with Crippen LogP contribution in [0.5, 0.6) is 0 Å². The van der Waals surface area contributed by atoms with Crippen LogP contribution in [0.1, 0.15) is 70.8 Å². The fraction of sp³-hybridized carbons (Fsp3) is 0.667. The van der Waals surface area contributed by atoms with Crippen LogP contribution in [0.2, 0.25) is 0 Å². The van der Waals surface area contributed by atoms with Crippen molar-refractivity contribution in [2.45, 2.75) is 71.3 Å². The summed E-state index contributed by atoms with van der Waals surface area (Å²) in [7, 11) is 0. The van der Waals surface area contributed by atoms with E-state index < -0.39 is 0 Å². The van der Waals surface area contributed by atoms with Gasteiger partial charge in [-0.15, -0.1) is 0 Å². The summed E-state index contributed by atoms with van der Waals surface area (Å²) in [6.45, 7) is 7.83. The molecule has 1 N–H and O–H groups in total. The lowest BCUT2D eigenvalue weighted by Crippen LogP contribution is -2.28. The fourth-order valence-electron chi connectivity index (χ4n) is 2.48. The van der Waals surface area contributed by atoms with Gasteiger partial charge in [-0.25, -0.2) is 0 Å². The van der Waals surface area contributed by atoms with Crippen molar-refractivity contribution < 1.29 is 0 Å². The van der Waals surface area contributed by atoms with Gasteiger partial charge in [-0.05, 0) is 17.9 Å². The second-order valence-corrected chi connectivity index (χ2v) is 5.87. The molecule has 0 aliphatic heterocycles. The third kappa shape index (κ3) is 7.37. The van der Waals surface area contributed by atoms with Crippen molar-refractivity contribution in [2.75, 3.05) is 6.54 Å². The van der Waals surface area contributed by atoms with Crippen LogP contribution in [-0.2, 0) is 0 Å². The van der Waals surface area contributed by atoms with E-state index >= 15 is 0 Å². The van der Waals surface area contributed by atoms with Gasteiger partial charge < -0.3 is 5.32 Å². The summed E-state index contributed by atoms with van der Waals surface area (Å²) in [6.07, 6.45) is 8.18. The lowest BCUT2D eigenvalue weighted by atomic mass is 9.92. The predicted octanol–water partition coefficient (Wildman–Crippen LogP) is 5.13. The topological polar surface area (TPSA) is 12.0 Å². The molecule has 1 aromatic rings. The van der Waals surface area contributed by atoms with Crippen molar-refractivity contribution in [2.24, 2.45) is 0 Å². The number of unbranched alkanes of at least 4 members (excludes halogenated alkanes) is 4. The number of rotatable bonds is 10. The quantitative estimate of drug-likeness (QED) is 0.576. The lowest BCUT2D eigenvalue weighted by molar-refractivity contribution is 0.484. The first kappa shape index (κ1) is 16.2. The maximum Gasteiger partial charge on any atom is 0.00225 e. The van der Waals surface area contributed by atoms with Crippen LogP contribution in [0, 0.1) is 0 Å². The van der Waals surface area contributed by atoms with Crippen LogP contribution in [0.4, 0.5) is 0 Å². The van der Waals surface area contributed by atoms with Gasteiger partial charge in [0.15, 0.2) is 0 Å². The van der Waals surface area contributed by atoms with E-state index in [2.05, 4.69) is 56.4 Å². The highest BCUT2D eigenvalue weighted by molar-refractivity contribution is 5.19. The van der Waals surface area contributed by atoms with Crippen LogP contribution in [-0.4, -0.2) is 12.6 Å². The number of hydrogen-bond donors (Lipinski definition) is 1. The Morgan fingerprint density at radius 1 is 0.947 bits per heavy atom. The highest BCUT2D eigenvalue weighted by Gasteiger charge is 2.11. The largest absolute Gasteiger partial charge is 0.314 e. The van der Waals surface area contributed by atoms with Gasteiger partial charge in [-0.3, -0.25) is 0 Å². The molecule has 0 saturated heterocycles. The van der Waals surface area contributed by atoms with E-state index in [0.29, 0.717) is 12.0 Å².